The molecule has 1 fully saturated rings. The lowest BCUT2D eigenvalue weighted by atomic mass is 10.1. The summed E-state index contributed by atoms with van der Waals surface area (Å²) in [7, 11) is 0. The van der Waals surface area contributed by atoms with Gasteiger partial charge in [-0.15, -0.1) is 0 Å². The van der Waals surface area contributed by atoms with Crippen LogP contribution in [-0.2, 0) is 4.79 Å². The van der Waals surface area contributed by atoms with Crippen molar-refractivity contribution in [1.29, 1.82) is 0 Å². The number of nitrogens with zero attached hydrogens (tertiary/aromatic N) is 1. The maximum Gasteiger partial charge on any atom is 0.241 e. The third-order valence-corrected chi connectivity index (χ3v) is 3.75. The van der Waals surface area contributed by atoms with Gasteiger partial charge in [0.1, 0.15) is 5.82 Å². The lowest BCUT2D eigenvalue weighted by molar-refractivity contribution is -0.130. The van der Waals surface area contributed by atoms with E-state index in [9.17, 15) is 9.18 Å². The first kappa shape index (κ1) is 13.3. The number of hydrogen-bond acceptors (Lipinski definition) is 2. The van der Waals surface area contributed by atoms with Crippen molar-refractivity contribution >= 4 is 27.5 Å². The van der Waals surface area contributed by atoms with Gasteiger partial charge >= 0.3 is 0 Å². The molecule has 0 saturated carbocycles. The van der Waals surface area contributed by atoms with Crippen LogP contribution in [0.25, 0.3) is 0 Å². The summed E-state index contributed by atoms with van der Waals surface area (Å²) >= 11 is 3.27. The number of para-hydroxylation sites is 1. The Kier molecular flexibility index (Phi) is 4.58. The molecule has 0 spiro atoms. The van der Waals surface area contributed by atoms with E-state index in [-0.39, 0.29) is 18.3 Å². The summed E-state index contributed by atoms with van der Waals surface area (Å²) in [5.74, 6) is -0.319. The van der Waals surface area contributed by atoms with E-state index in [0.717, 1.165) is 25.9 Å². The predicted molar refractivity (Wildman–Crippen MR) is 73.0 cm³/mol. The zero-order valence-corrected chi connectivity index (χ0v) is 11.7. The van der Waals surface area contributed by atoms with Crippen LogP contribution < -0.4 is 5.32 Å². The van der Waals surface area contributed by atoms with Crippen molar-refractivity contribution in [3.05, 3.63) is 28.5 Å². The normalized spacial score (nSPS) is 15.6. The smallest absolute Gasteiger partial charge is 0.241 e. The molecule has 0 atom stereocenters. The van der Waals surface area contributed by atoms with Crippen LogP contribution in [0.4, 0.5) is 10.1 Å². The van der Waals surface area contributed by atoms with E-state index >= 15 is 0 Å². The summed E-state index contributed by atoms with van der Waals surface area (Å²) in [6, 6.07) is 4.74. The molecule has 0 unspecified atom stereocenters. The van der Waals surface area contributed by atoms with E-state index in [0.29, 0.717) is 10.2 Å². The Morgan fingerprint density at radius 3 is 2.72 bits per heavy atom. The fourth-order valence-corrected chi connectivity index (χ4v) is 2.57. The van der Waals surface area contributed by atoms with E-state index < -0.39 is 0 Å². The highest BCUT2D eigenvalue weighted by atomic mass is 79.9. The topological polar surface area (TPSA) is 32.3 Å². The number of anilines is 1. The van der Waals surface area contributed by atoms with Crippen molar-refractivity contribution in [2.75, 3.05) is 25.0 Å². The van der Waals surface area contributed by atoms with Crippen LogP contribution in [0.15, 0.2) is 22.7 Å². The molecule has 3 nitrogen and oxygen atoms in total. The molecule has 1 aliphatic heterocycles. The predicted octanol–water partition coefficient (Wildman–Crippen LogP) is 3.01. The summed E-state index contributed by atoms with van der Waals surface area (Å²) in [6.45, 7) is 1.78. The minimum Gasteiger partial charge on any atom is -0.373 e. The number of rotatable bonds is 3. The van der Waals surface area contributed by atoms with Gasteiger partial charge in [0.15, 0.2) is 0 Å². The standard InChI is InChI=1S/C13H16BrFN2O/c14-10-5-4-6-11(15)13(10)16-9-12(18)17-7-2-1-3-8-17/h4-6,16H,1-3,7-9H2. The van der Waals surface area contributed by atoms with E-state index in [4.69, 9.17) is 0 Å². The third-order valence-electron chi connectivity index (χ3n) is 3.09. The van der Waals surface area contributed by atoms with Gasteiger partial charge in [-0.25, -0.2) is 4.39 Å². The zero-order valence-electron chi connectivity index (χ0n) is 10.1. The molecule has 1 aliphatic rings. The summed E-state index contributed by atoms with van der Waals surface area (Å²) in [4.78, 5) is 13.8. The minimum absolute atomic E-state index is 0.0323. The van der Waals surface area contributed by atoms with Gasteiger partial charge in [-0.05, 0) is 47.3 Å². The maximum absolute atomic E-state index is 13.5. The largest absolute Gasteiger partial charge is 0.373 e. The number of carbonyl (C=O) groups excluding carboxylic acids is 1. The van der Waals surface area contributed by atoms with E-state index in [1.807, 2.05) is 4.90 Å². The number of likely N-dealkylation sites (tertiary alicyclic amines) is 1. The van der Waals surface area contributed by atoms with Crippen molar-refractivity contribution < 1.29 is 9.18 Å². The van der Waals surface area contributed by atoms with Crippen molar-refractivity contribution in [2.45, 2.75) is 19.3 Å². The van der Waals surface area contributed by atoms with Gasteiger partial charge in [-0.3, -0.25) is 4.79 Å². The molecule has 1 N–H and O–H groups in total. The maximum atomic E-state index is 13.5. The second kappa shape index (κ2) is 6.18. The lowest BCUT2D eigenvalue weighted by Gasteiger charge is -2.27. The SMILES string of the molecule is O=C(CNc1c(F)cccc1Br)N1CCCCC1. The Labute approximate surface area is 114 Å². The Balaban J connectivity index is 1.92. The van der Waals surface area contributed by atoms with Crippen LogP contribution in [0.2, 0.25) is 0 Å². The van der Waals surface area contributed by atoms with E-state index in [1.165, 1.54) is 12.5 Å². The molecule has 0 aliphatic carbocycles. The van der Waals surface area contributed by atoms with Gasteiger partial charge in [-0.1, -0.05) is 6.07 Å². The average Bonchev–Trinajstić information content (AvgIpc) is 2.39. The van der Waals surface area contributed by atoms with Crippen molar-refractivity contribution in [2.24, 2.45) is 0 Å². The highest BCUT2D eigenvalue weighted by molar-refractivity contribution is 9.10. The van der Waals surface area contributed by atoms with Gasteiger partial charge in [-0.2, -0.15) is 0 Å². The molecule has 1 aromatic carbocycles. The molecule has 2 rings (SSSR count). The van der Waals surface area contributed by atoms with Crippen LogP contribution in [0.3, 0.4) is 0 Å². The lowest BCUT2D eigenvalue weighted by Crippen LogP contribution is -2.39. The number of nitrogens with one attached hydrogen (secondary N) is 1. The molecule has 0 aromatic heterocycles. The summed E-state index contributed by atoms with van der Waals surface area (Å²) in [5.41, 5.74) is 0.350. The zero-order chi connectivity index (χ0) is 13.0. The highest BCUT2D eigenvalue weighted by Gasteiger charge is 2.16. The molecule has 1 aromatic rings. The van der Waals surface area contributed by atoms with Gasteiger partial charge < -0.3 is 10.2 Å². The molecular formula is C13H16BrFN2O. The van der Waals surface area contributed by atoms with Crippen molar-refractivity contribution in [3.63, 3.8) is 0 Å². The Hall–Kier alpha value is -1.10. The number of benzene rings is 1. The molecule has 0 radical (unpaired) electrons. The minimum atomic E-state index is -0.351. The quantitative estimate of drug-likeness (QED) is 0.930. The molecule has 1 heterocycles. The Morgan fingerprint density at radius 1 is 1.33 bits per heavy atom. The second-order valence-electron chi connectivity index (χ2n) is 4.39. The number of hydrogen-bond donors (Lipinski definition) is 1. The summed E-state index contributed by atoms with van der Waals surface area (Å²) in [5, 5.41) is 2.87. The number of amides is 1. The fraction of sp³-hybridized carbons (Fsp3) is 0.462. The first-order chi connectivity index (χ1) is 8.68. The van der Waals surface area contributed by atoms with Gasteiger partial charge in [0.05, 0.1) is 12.2 Å². The van der Waals surface area contributed by atoms with Gasteiger partial charge in [0, 0.05) is 17.6 Å². The number of halogens is 2. The molecule has 1 amide bonds. The van der Waals surface area contributed by atoms with Crippen LogP contribution in [-0.4, -0.2) is 30.4 Å². The van der Waals surface area contributed by atoms with Crippen LogP contribution in [0.1, 0.15) is 19.3 Å². The van der Waals surface area contributed by atoms with Gasteiger partial charge in [0.25, 0.3) is 0 Å². The van der Waals surface area contributed by atoms with Crippen LogP contribution in [0.5, 0.6) is 0 Å². The molecule has 98 valence electrons. The highest BCUT2D eigenvalue weighted by Crippen LogP contribution is 2.24. The third kappa shape index (κ3) is 3.22. The van der Waals surface area contributed by atoms with Crippen LogP contribution >= 0.6 is 15.9 Å². The van der Waals surface area contributed by atoms with E-state index in [1.54, 1.807) is 12.1 Å². The summed E-state index contributed by atoms with van der Waals surface area (Å²) < 4.78 is 14.2. The van der Waals surface area contributed by atoms with Crippen molar-refractivity contribution in [1.82, 2.24) is 4.90 Å². The molecule has 5 heteroatoms. The van der Waals surface area contributed by atoms with Gasteiger partial charge in [0.2, 0.25) is 5.91 Å². The first-order valence-corrected chi connectivity index (χ1v) is 6.93. The van der Waals surface area contributed by atoms with Crippen LogP contribution in [0, 0.1) is 5.82 Å². The molecule has 1 saturated heterocycles. The number of carbonyl (C=O) groups is 1. The monoisotopic (exact) mass is 314 g/mol. The van der Waals surface area contributed by atoms with E-state index in [2.05, 4.69) is 21.2 Å². The first-order valence-electron chi connectivity index (χ1n) is 6.14. The number of piperidine rings is 1. The molecule has 0 bridgehead atoms. The fourth-order valence-electron chi connectivity index (χ4n) is 2.09. The molecule has 18 heavy (non-hydrogen) atoms. The average molecular weight is 315 g/mol. The second-order valence-corrected chi connectivity index (χ2v) is 5.25. The summed E-state index contributed by atoms with van der Waals surface area (Å²) in [6.07, 6.45) is 3.32. The Bertz CT molecular complexity index is 413. The molecular weight excluding hydrogens is 299 g/mol. The van der Waals surface area contributed by atoms with Crippen molar-refractivity contribution in [3.8, 4) is 0 Å². The Morgan fingerprint density at radius 2 is 2.06 bits per heavy atom.